The van der Waals surface area contributed by atoms with Crippen LogP contribution in [0.2, 0.25) is 0 Å². The summed E-state index contributed by atoms with van der Waals surface area (Å²) in [5, 5.41) is 26.7. The number of rotatable bonds is 3. The van der Waals surface area contributed by atoms with Gasteiger partial charge in [-0.1, -0.05) is 6.92 Å². The van der Waals surface area contributed by atoms with E-state index in [1.807, 2.05) is 0 Å². The van der Waals surface area contributed by atoms with E-state index in [-0.39, 0.29) is 13.2 Å². The highest BCUT2D eigenvalue weighted by Gasteiger charge is 2.68. The summed E-state index contributed by atoms with van der Waals surface area (Å²) in [6.45, 7) is 1.05. The molecule has 0 aromatic carbocycles. The smallest absolute Gasteiger partial charge is 0.200 e. The second-order valence-electron chi connectivity index (χ2n) is 2.55. The molecule has 1 aliphatic rings. The summed E-state index contributed by atoms with van der Waals surface area (Å²) in [5.74, 6) is -1.30. The lowest BCUT2D eigenvalue weighted by atomic mass is 10.0. The first-order chi connectivity index (χ1) is 4.64. The molecular formula is C6H12O4. The van der Waals surface area contributed by atoms with E-state index in [2.05, 4.69) is 0 Å². The van der Waals surface area contributed by atoms with Crippen molar-refractivity contribution < 1.29 is 20.1 Å². The molecule has 4 heteroatoms. The van der Waals surface area contributed by atoms with Crippen LogP contribution in [0.3, 0.4) is 0 Å². The Morgan fingerprint density at radius 3 is 1.90 bits per heavy atom. The summed E-state index contributed by atoms with van der Waals surface area (Å²) in [4.78, 5) is 0. The Morgan fingerprint density at radius 1 is 1.30 bits per heavy atom. The number of hydrogen-bond acceptors (Lipinski definition) is 4. The second-order valence-corrected chi connectivity index (χ2v) is 2.55. The highest BCUT2D eigenvalue weighted by atomic mass is 16.8. The van der Waals surface area contributed by atoms with Crippen LogP contribution < -0.4 is 0 Å². The average molecular weight is 148 g/mol. The first-order valence-electron chi connectivity index (χ1n) is 3.28. The molecule has 1 heterocycles. The van der Waals surface area contributed by atoms with Crippen molar-refractivity contribution in [2.24, 2.45) is 0 Å². The number of epoxide rings is 1. The minimum atomic E-state index is -1.30. The van der Waals surface area contributed by atoms with Crippen molar-refractivity contribution in [1.29, 1.82) is 0 Å². The Kier molecular flexibility index (Phi) is 1.72. The fraction of sp³-hybridized carbons (Fsp3) is 1.00. The Hall–Kier alpha value is -0.160. The monoisotopic (exact) mass is 148 g/mol. The summed E-state index contributed by atoms with van der Waals surface area (Å²) < 4.78 is 4.80. The van der Waals surface area contributed by atoms with E-state index in [9.17, 15) is 5.11 Å². The van der Waals surface area contributed by atoms with Crippen LogP contribution in [0.15, 0.2) is 0 Å². The third-order valence-corrected chi connectivity index (χ3v) is 2.02. The van der Waals surface area contributed by atoms with Gasteiger partial charge in [-0.2, -0.15) is 0 Å². The van der Waals surface area contributed by atoms with Crippen LogP contribution in [0.5, 0.6) is 0 Å². The quantitative estimate of drug-likeness (QED) is 0.441. The molecular weight excluding hydrogens is 136 g/mol. The highest BCUT2D eigenvalue weighted by Crippen LogP contribution is 2.47. The second kappa shape index (κ2) is 2.17. The maximum Gasteiger partial charge on any atom is 0.200 e. The van der Waals surface area contributed by atoms with Crippen molar-refractivity contribution >= 4 is 0 Å². The molecule has 0 bridgehead atoms. The lowest BCUT2D eigenvalue weighted by Crippen LogP contribution is -2.32. The first kappa shape index (κ1) is 7.94. The summed E-state index contributed by atoms with van der Waals surface area (Å²) >= 11 is 0. The molecule has 1 rings (SSSR count). The van der Waals surface area contributed by atoms with Gasteiger partial charge in [0.05, 0.1) is 13.2 Å². The van der Waals surface area contributed by atoms with Gasteiger partial charge in [-0.05, 0) is 0 Å². The Bertz CT molecular complexity index is 132. The summed E-state index contributed by atoms with van der Waals surface area (Å²) in [7, 11) is 0. The van der Waals surface area contributed by atoms with E-state index in [0.717, 1.165) is 0 Å². The molecule has 0 aromatic rings. The Balaban J connectivity index is 2.59. The van der Waals surface area contributed by atoms with Gasteiger partial charge in [0.15, 0.2) is 5.60 Å². The van der Waals surface area contributed by atoms with Gasteiger partial charge in [-0.3, -0.25) is 0 Å². The third kappa shape index (κ3) is 0.769. The molecule has 0 radical (unpaired) electrons. The van der Waals surface area contributed by atoms with Crippen molar-refractivity contribution in [3.63, 3.8) is 0 Å². The van der Waals surface area contributed by atoms with Crippen LogP contribution >= 0.6 is 0 Å². The molecule has 1 atom stereocenters. The molecule has 0 aromatic heterocycles. The standard InChI is InChI=1S/C6H12O4/c1-2-6(9)5(3-7,4-8)10-6/h7-9H,2-4H2,1H3. The first-order valence-corrected chi connectivity index (χ1v) is 3.28. The van der Waals surface area contributed by atoms with Crippen LogP contribution in [0.25, 0.3) is 0 Å². The molecule has 10 heavy (non-hydrogen) atoms. The SMILES string of the molecule is CCC1(O)OC1(CO)CO. The number of aliphatic hydroxyl groups excluding tert-OH is 2. The average Bonchev–Trinajstić information content (AvgIpc) is 2.59. The zero-order valence-corrected chi connectivity index (χ0v) is 5.87. The molecule has 1 aliphatic heterocycles. The van der Waals surface area contributed by atoms with Gasteiger partial charge in [0.25, 0.3) is 0 Å². The van der Waals surface area contributed by atoms with Crippen molar-refractivity contribution in [2.75, 3.05) is 13.2 Å². The van der Waals surface area contributed by atoms with E-state index in [1.165, 1.54) is 0 Å². The predicted molar refractivity (Wildman–Crippen MR) is 33.2 cm³/mol. The molecule has 1 saturated heterocycles. The third-order valence-electron chi connectivity index (χ3n) is 2.02. The summed E-state index contributed by atoms with van der Waals surface area (Å²) in [6.07, 6.45) is 0.383. The minimum absolute atomic E-state index is 0.339. The van der Waals surface area contributed by atoms with Crippen molar-refractivity contribution in [3.05, 3.63) is 0 Å². The summed E-state index contributed by atoms with van der Waals surface area (Å²) in [5.41, 5.74) is -1.10. The Morgan fingerprint density at radius 2 is 1.80 bits per heavy atom. The molecule has 0 saturated carbocycles. The zero-order valence-electron chi connectivity index (χ0n) is 5.87. The van der Waals surface area contributed by atoms with Gasteiger partial charge in [0.1, 0.15) is 0 Å². The normalized spacial score (nSPS) is 36.0. The van der Waals surface area contributed by atoms with Crippen LogP contribution in [0, 0.1) is 0 Å². The van der Waals surface area contributed by atoms with E-state index >= 15 is 0 Å². The Labute approximate surface area is 59.1 Å². The van der Waals surface area contributed by atoms with Crippen LogP contribution in [0.4, 0.5) is 0 Å². The van der Waals surface area contributed by atoms with E-state index < -0.39 is 11.4 Å². The van der Waals surface area contributed by atoms with Gasteiger partial charge in [0.2, 0.25) is 5.79 Å². The highest BCUT2D eigenvalue weighted by molar-refractivity contribution is 5.07. The van der Waals surface area contributed by atoms with E-state index in [4.69, 9.17) is 14.9 Å². The molecule has 4 nitrogen and oxygen atoms in total. The van der Waals surface area contributed by atoms with Crippen molar-refractivity contribution in [3.8, 4) is 0 Å². The van der Waals surface area contributed by atoms with Gasteiger partial charge in [-0.25, -0.2) is 0 Å². The van der Waals surface area contributed by atoms with Crippen LogP contribution in [-0.4, -0.2) is 39.9 Å². The molecule has 0 spiro atoms. The zero-order chi connectivity index (χ0) is 7.83. The number of aliphatic hydroxyl groups is 3. The maximum atomic E-state index is 9.31. The van der Waals surface area contributed by atoms with Crippen molar-refractivity contribution in [2.45, 2.75) is 24.7 Å². The van der Waals surface area contributed by atoms with Gasteiger partial charge in [-0.15, -0.1) is 0 Å². The minimum Gasteiger partial charge on any atom is -0.393 e. The molecule has 1 fully saturated rings. The lowest BCUT2D eigenvalue weighted by molar-refractivity contribution is 0.0320. The molecule has 60 valence electrons. The molecule has 1 unspecified atom stereocenters. The number of hydrogen-bond donors (Lipinski definition) is 3. The summed E-state index contributed by atoms with van der Waals surface area (Å²) in [6, 6.07) is 0. The lowest BCUT2D eigenvalue weighted by Gasteiger charge is -2.07. The molecule has 0 aliphatic carbocycles. The van der Waals surface area contributed by atoms with Gasteiger partial charge < -0.3 is 20.1 Å². The predicted octanol–water partition coefficient (Wildman–Crippen LogP) is -1.16. The number of ether oxygens (including phenoxy) is 1. The van der Waals surface area contributed by atoms with Crippen LogP contribution in [0.1, 0.15) is 13.3 Å². The fourth-order valence-corrected chi connectivity index (χ4v) is 1.05. The van der Waals surface area contributed by atoms with Crippen LogP contribution in [-0.2, 0) is 4.74 Å². The van der Waals surface area contributed by atoms with E-state index in [0.29, 0.717) is 6.42 Å². The van der Waals surface area contributed by atoms with Crippen molar-refractivity contribution in [1.82, 2.24) is 0 Å². The largest absolute Gasteiger partial charge is 0.393 e. The fourth-order valence-electron chi connectivity index (χ4n) is 1.05. The molecule has 0 amide bonds. The topological polar surface area (TPSA) is 73.2 Å². The van der Waals surface area contributed by atoms with Gasteiger partial charge >= 0.3 is 0 Å². The van der Waals surface area contributed by atoms with Gasteiger partial charge in [0, 0.05) is 6.42 Å². The maximum absolute atomic E-state index is 9.31. The molecule has 3 N–H and O–H groups in total. The van der Waals surface area contributed by atoms with E-state index in [1.54, 1.807) is 6.92 Å².